The molecule has 0 aromatic heterocycles. The molecule has 0 amide bonds. The summed E-state index contributed by atoms with van der Waals surface area (Å²) in [5.41, 5.74) is 0.764. The summed E-state index contributed by atoms with van der Waals surface area (Å²) in [4.78, 5) is 0. The standard InChI is InChI=1S/C15H15ClO3/c16-13-6-2-4-8-15(13)19-10-9-18-14-7-3-1-5-12(14)11-17/h1-8,17H,9-11H2. The number of para-hydroxylation sites is 2. The van der Waals surface area contributed by atoms with E-state index in [1.54, 1.807) is 6.07 Å². The fourth-order valence-electron chi connectivity index (χ4n) is 1.64. The summed E-state index contributed by atoms with van der Waals surface area (Å²) >= 11 is 5.97. The Labute approximate surface area is 117 Å². The molecule has 0 radical (unpaired) electrons. The highest BCUT2D eigenvalue weighted by Gasteiger charge is 2.02. The zero-order chi connectivity index (χ0) is 13.5. The van der Waals surface area contributed by atoms with E-state index in [9.17, 15) is 0 Å². The van der Waals surface area contributed by atoms with Crippen molar-refractivity contribution >= 4 is 11.6 Å². The normalized spacial score (nSPS) is 10.2. The quantitative estimate of drug-likeness (QED) is 0.824. The molecule has 2 rings (SSSR count). The average Bonchev–Trinajstić information content (AvgIpc) is 2.45. The maximum atomic E-state index is 9.16. The summed E-state index contributed by atoms with van der Waals surface area (Å²) in [6.07, 6.45) is 0. The number of halogens is 1. The van der Waals surface area contributed by atoms with E-state index in [2.05, 4.69) is 0 Å². The van der Waals surface area contributed by atoms with Gasteiger partial charge in [-0.05, 0) is 18.2 Å². The summed E-state index contributed by atoms with van der Waals surface area (Å²) in [7, 11) is 0. The van der Waals surface area contributed by atoms with Gasteiger partial charge in [0.05, 0.1) is 11.6 Å². The molecule has 2 aromatic rings. The Kier molecular flexibility index (Phi) is 5.07. The van der Waals surface area contributed by atoms with E-state index >= 15 is 0 Å². The molecule has 0 saturated carbocycles. The number of aliphatic hydroxyl groups excluding tert-OH is 1. The lowest BCUT2D eigenvalue weighted by Crippen LogP contribution is -2.10. The van der Waals surface area contributed by atoms with Crippen molar-refractivity contribution in [3.63, 3.8) is 0 Å². The van der Waals surface area contributed by atoms with Crippen LogP contribution in [0, 0.1) is 0 Å². The van der Waals surface area contributed by atoms with Gasteiger partial charge < -0.3 is 14.6 Å². The zero-order valence-corrected chi connectivity index (χ0v) is 11.1. The van der Waals surface area contributed by atoms with Gasteiger partial charge in [0.2, 0.25) is 0 Å². The van der Waals surface area contributed by atoms with Crippen LogP contribution in [0.4, 0.5) is 0 Å². The first-order chi connectivity index (χ1) is 9.31. The van der Waals surface area contributed by atoms with Crippen molar-refractivity contribution in [2.45, 2.75) is 6.61 Å². The molecule has 3 nitrogen and oxygen atoms in total. The van der Waals surface area contributed by atoms with Crippen LogP contribution in [0.3, 0.4) is 0 Å². The van der Waals surface area contributed by atoms with Gasteiger partial charge in [-0.1, -0.05) is 41.9 Å². The topological polar surface area (TPSA) is 38.7 Å². The van der Waals surface area contributed by atoms with E-state index in [0.29, 0.717) is 29.7 Å². The Balaban J connectivity index is 1.83. The van der Waals surface area contributed by atoms with Crippen LogP contribution in [0.5, 0.6) is 11.5 Å². The van der Waals surface area contributed by atoms with Crippen molar-refractivity contribution < 1.29 is 14.6 Å². The van der Waals surface area contributed by atoms with Gasteiger partial charge in [-0.2, -0.15) is 0 Å². The molecule has 1 N–H and O–H groups in total. The van der Waals surface area contributed by atoms with Crippen LogP contribution in [0.2, 0.25) is 5.02 Å². The Morgan fingerprint density at radius 1 is 0.842 bits per heavy atom. The predicted octanol–water partition coefficient (Wildman–Crippen LogP) is 3.29. The highest BCUT2D eigenvalue weighted by Crippen LogP contribution is 2.23. The van der Waals surface area contributed by atoms with E-state index < -0.39 is 0 Å². The van der Waals surface area contributed by atoms with Crippen molar-refractivity contribution in [1.82, 2.24) is 0 Å². The van der Waals surface area contributed by atoms with E-state index in [1.165, 1.54) is 0 Å². The van der Waals surface area contributed by atoms with Gasteiger partial charge in [0.25, 0.3) is 0 Å². The molecule has 100 valence electrons. The molecule has 0 spiro atoms. The first-order valence-electron chi connectivity index (χ1n) is 6.00. The fraction of sp³-hybridized carbons (Fsp3) is 0.200. The van der Waals surface area contributed by atoms with Crippen molar-refractivity contribution in [1.29, 1.82) is 0 Å². The molecule has 19 heavy (non-hydrogen) atoms. The van der Waals surface area contributed by atoms with Gasteiger partial charge in [0.15, 0.2) is 0 Å². The molecule has 0 aliphatic carbocycles. The SMILES string of the molecule is OCc1ccccc1OCCOc1ccccc1Cl. The van der Waals surface area contributed by atoms with Crippen LogP contribution in [-0.4, -0.2) is 18.3 Å². The van der Waals surface area contributed by atoms with Crippen LogP contribution in [-0.2, 0) is 6.61 Å². The number of benzene rings is 2. The molecule has 0 atom stereocenters. The predicted molar refractivity (Wildman–Crippen MR) is 74.8 cm³/mol. The number of hydrogen-bond donors (Lipinski definition) is 1. The molecule has 0 aliphatic heterocycles. The van der Waals surface area contributed by atoms with Crippen LogP contribution in [0.1, 0.15) is 5.56 Å². The second-order valence-corrected chi connectivity index (χ2v) is 4.30. The average molecular weight is 279 g/mol. The third-order valence-corrected chi connectivity index (χ3v) is 2.89. The Hall–Kier alpha value is -1.71. The second kappa shape index (κ2) is 7.02. The maximum absolute atomic E-state index is 9.16. The Morgan fingerprint density at radius 3 is 2.11 bits per heavy atom. The third kappa shape index (κ3) is 3.88. The monoisotopic (exact) mass is 278 g/mol. The minimum absolute atomic E-state index is 0.0401. The molecule has 0 saturated heterocycles. The smallest absolute Gasteiger partial charge is 0.138 e. The van der Waals surface area contributed by atoms with Crippen molar-refractivity contribution in [3.8, 4) is 11.5 Å². The molecular weight excluding hydrogens is 264 g/mol. The summed E-state index contributed by atoms with van der Waals surface area (Å²) in [5.74, 6) is 1.32. The summed E-state index contributed by atoms with van der Waals surface area (Å²) in [6, 6.07) is 14.7. The van der Waals surface area contributed by atoms with E-state index in [-0.39, 0.29) is 6.61 Å². The largest absolute Gasteiger partial charge is 0.490 e. The minimum atomic E-state index is -0.0401. The van der Waals surface area contributed by atoms with Gasteiger partial charge in [-0.25, -0.2) is 0 Å². The summed E-state index contributed by atoms with van der Waals surface area (Å²) in [5, 5.41) is 9.74. The molecule has 0 fully saturated rings. The number of aliphatic hydroxyl groups is 1. The van der Waals surface area contributed by atoms with Gasteiger partial charge in [-0.15, -0.1) is 0 Å². The van der Waals surface area contributed by atoms with Gasteiger partial charge in [-0.3, -0.25) is 0 Å². The first-order valence-corrected chi connectivity index (χ1v) is 6.38. The van der Waals surface area contributed by atoms with Crippen LogP contribution in [0.25, 0.3) is 0 Å². The second-order valence-electron chi connectivity index (χ2n) is 3.89. The maximum Gasteiger partial charge on any atom is 0.138 e. The van der Waals surface area contributed by atoms with Crippen LogP contribution in [0.15, 0.2) is 48.5 Å². The van der Waals surface area contributed by atoms with Gasteiger partial charge in [0.1, 0.15) is 24.7 Å². The number of rotatable bonds is 6. The minimum Gasteiger partial charge on any atom is -0.490 e. The van der Waals surface area contributed by atoms with Crippen LogP contribution >= 0.6 is 11.6 Å². The van der Waals surface area contributed by atoms with E-state index in [1.807, 2.05) is 42.5 Å². The Bertz CT molecular complexity index is 528. The Morgan fingerprint density at radius 2 is 1.42 bits per heavy atom. The highest BCUT2D eigenvalue weighted by molar-refractivity contribution is 6.32. The lowest BCUT2D eigenvalue weighted by atomic mass is 10.2. The third-order valence-electron chi connectivity index (χ3n) is 2.58. The van der Waals surface area contributed by atoms with Gasteiger partial charge in [0, 0.05) is 5.56 Å². The molecular formula is C15H15ClO3. The van der Waals surface area contributed by atoms with E-state index in [4.69, 9.17) is 26.2 Å². The van der Waals surface area contributed by atoms with Crippen molar-refractivity contribution in [3.05, 3.63) is 59.1 Å². The molecule has 0 aliphatic rings. The van der Waals surface area contributed by atoms with E-state index in [0.717, 1.165) is 5.56 Å². The van der Waals surface area contributed by atoms with Crippen LogP contribution < -0.4 is 9.47 Å². The van der Waals surface area contributed by atoms with Crippen molar-refractivity contribution in [2.24, 2.45) is 0 Å². The van der Waals surface area contributed by atoms with Crippen molar-refractivity contribution in [2.75, 3.05) is 13.2 Å². The summed E-state index contributed by atoms with van der Waals surface area (Å²) < 4.78 is 11.1. The molecule has 2 aromatic carbocycles. The molecule has 0 heterocycles. The lowest BCUT2D eigenvalue weighted by Gasteiger charge is -2.11. The summed E-state index contributed by atoms with van der Waals surface area (Å²) in [6.45, 7) is 0.743. The number of hydrogen-bond acceptors (Lipinski definition) is 3. The lowest BCUT2D eigenvalue weighted by molar-refractivity contribution is 0.210. The molecule has 0 bridgehead atoms. The fourth-order valence-corrected chi connectivity index (χ4v) is 1.83. The van der Waals surface area contributed by atoms with Gasteiger partial charge >= 0.3 is 0 Å². The molecule has 0 unspecified atom stereocenters. The zero-order valence-electron chi connectivity index (χ0n) is 10.4. The first kappa shape index (κ1) is 13.7. The number of ether oxygens (including phenoxy) is 2. The molecule has 4 heteroatoms. The highest BCUT2D eigenvalue weighted by atomic mass is 35.5.